The Morgan fingerprint density at radius 2 is 2.11 bits per heavy atom. The lowest BCUT2D eigenvalue weighted by Crippen LogP contribution is -2.38. The maximum absolute atomic E-state index is 5.42. The van der Waals surface area contributed by atoms with E-state index in [4.69, 9.17) is 4.74 Å². The summed E-state index contributed by atoms with van der Waals surface area (Å²) in [6.45, 7) is 9.58. The van der Waals surface area contributed by atoms with Gasteiger partial charge in [-0.2, -0.15) is 0 Å². The van der Waals surface area contributed by atoms with E-state index in [9.17, 15) is 0 Å². The number of likely N-dealkylation sites (tertiary alicyclic amines) is 1. The number of hydrogen-bond acceptors (Lipinski definition) is 3. The van der Waals surface area contributed by atoms with Crippen LogP contribution in [0.4, 0.5) is 0 Å². The molecule has 3 heteroatoms. The van der Waals surface area contributed by atoms with E-state index in [1.54, 1.807) is 0 Å². The van der Waals surface area contributed by atoms with Gasteiger partial charge in [0.15, 0.2) is 0 Å². The van der Waals surface area contributed by atoms with Crippen LogP contribution in [0.2, 0.25) is 0 Å². The monoisotopic (exact) mass is 254 g/mol. The van der Waals surface area contributed by atoms with E-state index in [0.717, 1.165) is 18.4 Å². The van der Waals surface area contributed by atoms with Gasteiger partial charge in [0.05, 0.1) is 6.10 Å². The van der Waals surface area contributed by atoms with Gasteiger partial charge in [0, 0.05) is 26.2 Å². The first-order chi connectivity index (χ1) is 8.69. The molecule has 18 heavy (non-hydrogen) atoms. The van der Waals surface area contributed by atoms with Gasteiger partial charge in [-0.25, -0.2) is 0 Å². The van der Waals surface area contributed by atoms with Crippen LogP contribution in [-0.4, -0.2) is 50.3 Å². The zero-order valence-electron chi connectivity index (χ0n) is 12.3. The number of rotatable bonds is 4. The molecule has 2 rings (SSSR count). The Labute approximate surface area is 112 Å². The Kier molecular flexibility index (Phi) is 5.46. The van der Waals surface area contributed by atoms with E-state index in [0.29, 0.717) is 12.1 Å². The average molecular weight is 254 g/mol. The molecular weight excluding hydrogens is 224 g/mol. The number of nitrogens with zero attached hydrogens (tertiary/aromatic N) is 1. The average Bonchev–Trinajstić information content (AvgIpc) is 2.66. The van der Waals surface area contributed by atoms with Gasteiger partial charge in [-0.05, 0) is 50.6 Å². The minimum absolute atomic E-state index is 0.436. The zero-order chi connectivity index (χ0) is 13.0. The van der Waals surface area contributed by atoms with E-state index < -0.39 is 0 Å². The maximum Gasteiger partial charge on any atom is 0.0711 e. The van der Waals surface area contributed by atoms with Crippen molar-refractivity contribution in [2.24, 2.45) is 11.8 Å². The molecule has 0 amide bonds. The summed E-state index contributed by atoms with van der Waals surface area (Å²) in [5.74, 6) is 1.80. The van der Waals surface area contributed by atoms with Gasteiger partial charge in [0.25, 0.3) is 0 Å². The Morgan fingerprint density at radius 3 is 2.78 bits per heavy atom. The van der Waals surface area contributed by atoms with Crippen molar-refractivity contribution in [2.45, 2.75) is 51.7 Å². The van der Waals surface area contributed by atoms with Crippen LogP contribution in [0.1, 0.15) is 39.5 Å². The molecule has 2 fully saturated rings. The van der Waals surface area contributed by atoms with Gasteiger partial charge in [0.1, 0.15) is 0 Å². The summed E-state index contributed by atoms with van der Waals surface area (Å²) in [6, 6.07) is 0.644. The summed E-state index contributed by atoms with van der Waals surface area (Å²) in [5.41, 5.74) is 0. The minimum atomic E-state index is 0.436. The smallest absolute Gasteiger partial charge is 0.0711 e. The second-order valence-corrected chi connectivity index (χ2v) is 6.43. The number of hydrogen-bond donors (Lipinski definition) is 1. The molecule has 2 heterocycles. The van der Waals surface area contributed by atoms with Crippen molar-refractivity contribution < 1.29 is 4.74 Å². The second kappa shape index (κ2) is 6.88. The van der Waals surface area contributed by atoms with E-state index in [1.807, 2.05) is 7.11 Å². The van der Waals surface area contributed by atoms with Gasteiger partial charge in [0.2, 0.25) is 0 Å². The normalized spacial score (nSPS) is 35.0. The summed E-state index contributed by atoms with van der Waals surface area (Å²) >= 11 is 0. The fourth-order valence-corrected chi connectivity index (χ4v) is 3.44. The van der Waals surface area contributed by atoms with Crippen LogP contribution in [0.25, 0.3) is 0 Å². The van der Waals surface area contributed by atoms with Gasteiger partial charge in [-0.3, -0.25) is 0 Å². The van der Waals surface area contributed by atoms with Crippen LogP contribution in [0.15, 0.2) is 0 Å². The third kappa shape index (κ3) is 3.94. The van der Waals surface area contributed by atoms with Crippen LogP contribution < -0.4 is 5.32 Å². The Balaban J connectivity index is 1.74. The van der Waals surface area contributed by atoms with Crippen LogP contribution in [-0.2, 0) is 4.74 Å². The predicted molar refractivity (Wildman–Crippen MR) is 75.8 cm³/mol. The van der Waals surface area contributed by atoms with E-state index in [-0.39, 0.29) is 0 Å². The Bertz CT molecular complexity index is 245. The molecule has 2 aliphatic rings. The van der Waals surface area contributed by atoms with Gasteiger partial charge >= 0.3 is 0 Å². The fraction of sp³-hybridized carbons (Fsp3) is 1.00. The van der Waals surface area contributed by atoms with Crippen molar-refractivity contribution in [2.75, 3.05) is 33.3 Å². The topological polar surface area (TPSA) is 24.5 Å². The van der Waals surface area contributed by atoms with Crippen LogP contribution in [0.3, 0.4) is 0 Å². The lowest BCUT2D eigenvalue weighted by Gasteiger charge is -2.24. The van der Waals surface area contributed by atoms with Crippen LogP contribution in [0, 0.1) is 11.8 Å². The van der Waals surface area contributed by atoms with Crippen molar-refractivity contribution in [1.82, 2.24) is 10.2 Å². The highest BCUT2D eigenvalue weighted by molar-refractivity contribution is 4.85. The van der Waals surface area contributed by atoms with Crippen molar-refractivity contribution in [3.63, 3.8) is 0 Å². The van der Waals surface area contributed by atoms with Crippen molar-refractivity contribution in [3.8, 4) is 0 Å². The SMILES string of the molecule is COC1CNC(CN2CCCC(C(C)C)CC2)C1. The molecule has 0 saturated carbocycles. The first kappa shape index (κ1) is 14.3. The highest BCUT2D eigenvalue weighted by Crippen LogP contribution is 2.25. The van der Waals surface area contributed by atoms with Crippen molar-refractivity contribution in [3.05, 3.63) is 0 Å². The molecule has 0 spiro atoms. The first-order valence-electron chi connectivity index (χ1n) is 7.67. The molecule has 1 N–H and O–H groups in total. The molecule has 3 atom stereocenters. The minimum Gasteiger partial charge on any atom is -0.380 e. The number of methoxy groups -OCH3 is 1. The lowest BCUT2D eigenvalue weighted by molar-refractivity contribution is 0.115. The predicted octanol–water partition coefficient (Wildman–Crippen LogP) is 2.12. The molecule has 0 aromatic rings. The molecule has 3 unspecified atom stereocenters. The zero-order valence-corrected chi connectivity index (χ0v) is 12.3. The van der Waals surface area contributed by atoms with Crippen LogP contribution in [0.5, 0.6) is 0 Å². The third-order valence-corrected chi connectivity index (χ3v) is 4.80. The molecular formula is C15H30N2O. The van der Waals surface area contributed by atoms with E-state index in [1.165, 1.54) is 45.3 Å². The highest BCUT2D eigenvalue weighted by Gasteiger charge is 2.26. The molecule has 2 aliphatic heterocycles. The Morgan fingerprint density at radius 1 is 1.28 bits per heavy atom. The Hall–Kier alpha value is -0.120. The second-order valence-electron chi connectivity index (χ2n) is 6.43. The standard InChI is InChI=1S/C15H30N2O/c1-12(2)13-5-4-7-17(8-6-13)11-14-9-15(18-3)10-16-14/h12-16H,4-11H2,1-3H3. The first-order valence-corrected chi connectivity index (χ1v) is 7.67. The van der Waals surface area contributed by atoms with E-state index in [2.05, 4.69) is 24.1 Å². The quantitative estimate of drug-likeness (QED) is 0.832. The summed E-state index contributed by atoms with van der Waals surface area (Å²) in [6.07, 6.45) is 5.81. The molecule has 0 aromatic heterocycles. The van der Waals surface area contributed by atoms with Gasteiger partial charge < -0.3 is 15.0 Å². The van der Waals surface area contributed by atoms with Gasteiger partial charge in [-0.15, -0.1) is 0 Å². The largest absolute Gasteiger partial charge is 0.380 e. The van der Waals surface area contributed by atoms with Crippen molar-refractivity contribution >= 4 is 0 Å². The lowest BCUT2D eigenvalue weighted by atomic mass is 9.89. The van der Waals surface area contributed by atoms with Gasteiger partial charge in [-0.1, -0.05) is 13.8 Å². The molecule has 3 nitrogen and oxygen atoms in total. The molecule has 106 valence electrons. The third-order valence-electron chi connectivity index (χ3n) is 4.80. The molecule has 2 saturated heterocycles. The number of nitrogens with one attached hydrogen (secondary N) is 1. The van der Waals surface area contributed by atoms with Crippen molar-refractivity contribution in [1.29, 1.82) is 0 Å². The molecule has 0 radical (unpaired) electrons. The summed E-state index contributed by atoms with van der Waals surface area (Å²) in [4.78, 5) is 2.66. The fourth-order valence-electron chi connectivity index (χ4n) is 3.44. The summed E-state index contributed by atoms with van der Waals surface area (Å²) in [5, 5.41) is 3.59. The summed E-state index contributed by atoms with van der Waals surface area (Å²) < 4.78 is 5.42. The van der Waals surface area contributed by atoms with Crippen LogP contribution >= 0.6 is 0 Å². The molecule has 0 aliphatic carbocycles. The van der Waals surface area contributed by atoms with E-state index >= 15 is 0 Å². The number of ether oxygens (including phenoxy) is 1. The summed E-state index contributed by atoms with van der Waals surface area (Å²) in [7, 11) is 1.83. The molecule has 0 bridgehead atoms. The maximum atomic E-state index is 5.42. The highest BCUT2D eigenvalue weighted by atomic mass is 16.5. The molecule has 0 aromatic carbocycles.